The maximum Gasteiger partial charge on any atom is 0.222 e. The molecule has 0 aliphatic heterocycles. The SMILES string of the molecule is CCNC(=NCCNC(=O)C(C)C)NC(C)C(C)C.I. The van der Waals surface area contributed by atoms with Gasteiger partial charge in [-0.1, -0.05) is 27.7 Å². The molecule has 0 heterocycles. The van der Waals surface area contributed by atoms with Crippen molar-refractivity contribution in [3.05, 3.63) is 0 Å². The first-order valence-electron chi connectivity index (χ1n) is 7.21. The summed E-state index contributed by atoms with van der Waals surface area (Å²) in [6, 6.07) is 0.364. The third kappa shape index (κ3) is 10.3. The number of hydrogen-bond acceptors (Lipinski definition) is 2. The Morgan fingerprint density at radius 1 is 1.10 bits per heavy atom. The van der Waals surface area contributed by atoms with Crippen LogP contribution in [0.1, 0.15) is 41.5 Å². The fraction of sp³-hybridized carbons (Fsp3) is 0.857. The molecular formula is C14H31IN4O. The number of nitrogens with one attached hydrogen (secondary N) is 3. The van der Waals surface area contributed by atoms with Crippen molar-refractivity contribution in [3.63, 3.8) is 0 Å². The summed E-state index contributed by atoms with van der Waals surface area (Å²) in [5, 5.41) is 9.41. The van der Waals surface area contributed by atoms with Crippen molar-refractivity contribution in [3.8, 4) is 0 Å². The number of guanidine groups is 1. The molecule has 1 amide bonds. The molecule has 0 aromatic carbocycles. The van der Waals surface area contributed by atoms with Gasteiger partial charge in [0.05, 0.1) is 6.54 Å². The summed E-state index contributed by atoms with van der Waals surface area (Å²) in [6.07, 6.45) is 0. The van der Waals surface area contributed by atoms with E-state index in [4.69, 9.17) is 0 Å². The normalized spacial score (nSPS) is 12.9. The van der Waals surface area contributed by atoms with Crippen molar-refractivity contribution in [1.29, 1.82) is 0 Å². The summed E-state index contributed by atoms with van der Waals surface area (Å²) < 4.78 is 0. The predicted molar refractivity (Wildman–Crippen MR) is 96.7 cm³/mol. The first-order chi connectivity index (χ1) is 8.88. The Labute approximate surface area is 140 Å². The lowest BCUT2D eigenvalue weighted by atomic mass is 10.1. The van der Waals surface area contributed by atoms with E-state index in [2.05, 4.69) is 41.7 Å². The Morgan fingerprint density at radius 2 is 1.70 bits per heavy atom. The number of carbonyl (C=O) groups is 1. The molecule has 0 rings (SSSR count). The average Bonchev–Trinajstić information content (AvgIpc) is 2.33. The van der Waals surface area contributed by atoms with Gasteiger partial charge >= 0.3 is 0 Å². The number of nitrogens with zero attached hydrogens (tertiary/aromatic N) is 1. The number of halogens is 1. The van der Waals surface area contributed by atoms with Crippen LogP contribution in [0.4, 0.5) is 0 Å². The smallest absolute Gasteiger partial charge is 0.222 e. The van der Waals surface area contributed by atoms with Crippen LogP contribution in [-0.2, 0) is 4.79 Å². The van der Waals surface area contributed by atoms with Crippen molar-refractivity contribution in [2.45, 2.75) is 47.6 Å². The highest BCUT2D eigenvalue weighted by atomic mass is 127. The Balaban J connectivity index is 0. The average molecular weight is 398 g/mol. The quantitative estimate of drug-likeness (QED) is 0.266. The van der Waals surface area contributed by atoms with Gasteiger partial charge in [0.15, 0.2) is 5.96 Å². The van der Waals surface area contributed by atoms with E-state index >= 15 is 0 Å². The Hall–Kier alpha value is -0.530. The maximum absolute atomic E-state index is 11.4. The molecule has 1 unspecified atom stereocenters. The van der Waals surface area contributed by atoms with Crippen molar-refractivity contribution in [1.82, 2.24) is 16.0 Å². The number of aliphatic imine (C=N–C) groups is 1. The van der Waals surface area contributed by atoms with E-state index in [9.17, 15) is 4.79 Å². The minimum absolute atomic E-state index is 0. The fourth-order valence-corrected chi connectivity index (χ4v) is 1.25. The molecule has 0 bridgehead atoms. The summed E-state index contributed by atoms with van der Waals surface area (Å²) in [5.41, 5.74) is 0. The van der Waals surface area contributed by atoms with E-state index in [0.717, 1.165) is 12.5 Å². The second-order valence-corrected chi connectivity index (χ2v) is 5.38. The monoisotopic (exact) mass is 398 g/mol. The van der Waals surface area contributed by atoms with Crippen LogP contribution in [0.3, 0.4) is 0 Å². The molecule has 0 spiro atoms. The molecule has 5 nitrogen and oxygen atoms in total. The lowest BCUT2D eigenvalue weighted by molar-refractivity contribution is -0.123. The zero-order valence-corrected chi connectivity index (χ0v) is 15.9. The summed E-state index contributed by atoms with van der Waals surface area (Å²) in [6.45, 7) is 14.3. The zero-order valence-electron chi connectivity index (χ0n) is 13.6. The van der Waals surface area contributed by atoms with Crippen LogP contribution in [0.15, 0.2) is 4.99 Å². The number of rotatable bonds is 7. The minimum Gasteiger partial charge on any atom is -0.357 e. The van der Waals surface area contributed by atoms with Crippen molar-refractivity contribution in [2.24, 2.45) is 16.8 Å². The van der Waals surface area contributed by atoms with E-state index in [-0.39, 0.29) is 35.8 Å². The van der Waals surface area contributed by atoms with Crippen LogP contribution in [0, 0.1) is 11.8 Å². The minimum atomic E-state index is 0. The molecule has 0 aliphatic rings. The van der Waals surface area contributed by atoms with Crippen molar-refractivity contribution >= 4 is 35.8 Å². The number of hydrogen-bond donors (Lipinski definition) is 3. The van der Waals surface area contributed by atoms with Crippen LogP contribution in [0.5, 0.6) is 0 Å². The molecule has 0 saturated heterocycles. The topological polar surface area (TPSA) is 65.5 Å². The van der Waals surface area contributed by atoms with Gasteiger partial charge in [-0.3, -0.25) is 9.79 Å². The van der Waals surface area contributed by atoms with Crippen LogP contribution in [0.25, 0.3) is 0 Å². The first kappa shape index (κ1) is 21.8. The molecule has 120 valence electrons. The molecule has 0 aliphatic carbocycles. The van der Waals surface area contributed by atoms with Gasteiger partial charge in [0, 0.05) is 25.0 Å². The molecule has 6 heteroatoms. The highest BCUT2D eigenvalue weighted by molar-refractivity contribution is 14.0. The maximum atomic E-state index is 11.4. The molecule has 0 fully saturated rings. The zero-order chi connectivity index (χ0) is 14.8. The standard InChI is InChI=1S/C14H30N4O.HI/c1-7-15-14(18-12(6)10(2)3)17-9-8-16-13(19)11(4)5;/h10-12H,7-9H2,1-6H3,(H,16,19)(H2,15,17,18);1H. The third-order valence-electron chi connectivity index (χ3n) is 2.91. The summed E-state index contributed by atoms with van der Waals surface area (Å²) >= 11 is 0. The number of carbonyl (C=O) groups excluding carboxylic acids is 1. The van der Waals surface area contributed by atoms with Gasteiger partial charge in [0.25, 0.3) is 0 Å². The van der Waals surface area contributed by atoms with Gasteiger partial charge in [-0.15, -0.1) is 24.0 Å². The van der Waals surface area contributed by atoms with Crippen LogP contribution < -0.4 is 16.0 Å². The molecule has 20 heavy (non-hydrogen) atoms. The first-order valence-corrected chi connectivity index (χ1v) is 7.21. The van der Waals surface area contributed by atoms with Gasteiger partial charge in [0.2, 0.25) is 5.91 Å². The van der Waals surface area contributed by atoms with E-state index in [1.54, 1.807) is 0 Å². The molecular weight excluding hydrogens is 367 g/mol. The molecule has 0 saturated carbocycles. The molecule has 0 aromatic heterocycles. The highest BCUT2D eigenvalue weighted by Gasteiger charge is 2.09. The Kier molecular flexibility index (Phi) is 13.3. The van der Waals surface area contributed by atoms with Gasteiger partial charge in [-0.25, -0.2) is 0 Å². The van der Waals surface area contributed by atoms with Crippen molar-refractivity contribution in [2.75, 3.05) is 19.6 Å². The Bertz CT molecular complexity index is 293. The van der Waals surface area contributed by atoms with Crippen LogP contribution >= 0.6 is 24.0 Å². The second-order valence-electron chi connectivity index (χ2n) is 5.38. The van der Waals surface area contributed by atoms with Crippen LogP contribution in [-0.4, -0.2) is 37.5 Å². The van der Waals surface area contributed by atoms with Gasteiger partial charge in [-0.05, 0) is 19.8 Å². The summed E-state index contributed by atoms with van der Waals surface area (Å²) in [4.78, 5) is 15.8. The Morgan fingerprint density at radius 3 is 2.15 bits per heavy atom. The second kappa shape index (κ2) is 12.2. The molecule has 0 aromatic rings. The molecule has 0 radical (unpaired) electrons. The fourth-order valence-electron chi connectivity index (χ4n) is 1.25. The highest BCUT2D eigenvalue weighted by Crippen LogP contribution is 1.99. The molecule has 3 N–H and O–H groups in total. The van der Waals surface area contributed by atoms with Crippen molar-refractivity contribution < 1.29 is 4.79 Å². The summed E-state index contributed by atoms with van der Waals surface area (Å²) in [5.74, 6) is 1.45. The van der Waals surface area contributed by atoms with E-state index in [1.807, 2.05) is 20.8 Å². The van der Waals surface area contributed by atoms with E-state index in [0.29, 0.717) is 25.0 Å². The number of amides is 1. The lowest BCUT2D eigenvalue weighted by Crippen LogP contribution is -2.44. The van der Waals surface area contributed by atoms with Gasteiger partial charge in [-0.2, -0.15) is 0 Å². The van der Waals surface area contributed by atoms with E-state index in [1.165, 1.54) is 0 Å². The largest absolute Gasteiger partial charge is 0.357 e. The van der Waals surface area contributed by atoms with Gasteiger partial charge < -0.3 is 16.0 Å². The van der Waals surface area contributed by atoms with Gasteiger partial charge in [0.1, 0.15) is 0 Å². The summed E-state index contributed by atoms with van der Waals surface area (Å²) in [7, 11) is 0. The third-order valence-corrected chi connectivity index (χ3v) is 2.91. The predicted octanol–water partition coefficient (Wildman–Crippen LogP) is 1.98. The van der Waals surface area contributed by atoms with E-state index < -0.39 is 0 Å². The van der Waals surface area contributed by atoms with Crippen LogP contribution in [0.2, 0.25) is 0 Å². The lowest BCUT2D eigenvalue weighted by Gasteiger charge is -2.20. The molecule has 1 atom stereocenters.